The van der Waals surface area contributed by atoms with Gasteiger partial charge in [0.05, 0.1) is 12.7 Å². The summed E-state index contributed by atoms with van der Waals surface area (Å²) in [4.78, 5) is 14.2. The average Bonchev–Trinajstić information content (AvgIpc) is 2.85. The van der Waals surface area contributed by atoms with Gasteiger partial charge < -0.3 is 9.64 Å². The van der Waals surface area contributed by atoms with Gasteiger partial charge in [0.25, 0.3) is 0 Å². The second-order valence-electron chi connectivity index (χ2n) is 5.87. The number of likely N-dealkylation sites (tertiary alicyclic amines) is 1. The quantitative estimate of drug-likeness (QED) is 0.754. The lowest BCUT2D eigenvalue weighted by molar-refractivity contribution is -0.133. The van der Waals surface area contributed by atoms with Crippen LogP contribution in [0.2, 0.25) is 0 Å². The summed E-state index contributed by atoms with van der Waals surface area (Å²) in [6, 6.07) is 7.95. The lowest BCUT2D eigenvalue weighted by atomic mass is 10.0. The van der Waals surface area contributed by atoms with Crippen molar-refractivity contribution in [3.05, 3.63) is 30.1 Å². The van der Waals surface area contributed by atoms with Crippen LogP contribution in [-0.4, -0.2) is 30.5 Å². The third-order valence-corrected chi connectivity index (χ3v) is 4.09. The van der Waals surface area contributed by atoms with Gasteiger partial charge in [0.2, 0.25) is 5.91 Å². The minimum Gasteiger partial charge on any atom is -0.494 e. The van der Waals surface area contributed by atoms with Crippen molar-refractivity contribution in [1.29, 1.82) is 5.26 Å². The number of hydrogen-bond donors (Lipinski definition) is 0. The molecular formula is C18H23FN2O2. The molecule has 0 bridgehead atoms. The van der Waals surface area contributed by atoms with Crippen LogP contribution in [0.1, 0.15) is 38.5 Å². The first-order valence-electron chi connectivity index (χ1n) is 8.27. The van der Waals surface area contributed by atoms with Crippen LogP contribution in [0.25, 0.3) is 0 Å². The fourth-order valence-electron chi connectivity index (χ4n) is 2.76. The zero-order valence-electron chi connectivity index (χ0n) is 13.3. The lowest BCUT2D eigenvalue weighted by Crippen LogP contribution is -2.36. The molecule has 1 aromatic carbocycles. The molecule has 23 heavy (non-hydrogen) atoms. The van der Waals surface area contributed by atoms with E-state index >= 15 is 0 Å². The van der Waals surface area contributed by atoms with Crippen molar-refractivity contribution in [1.82, 2.24) is 4.90 Å². The summed E-state index contributed by atoms with van der Waals surface area (Å²) in [5.74, 6) is -0.343. The highest BCUT2D eigenvalue weighted by Gasteiger charge is 2.24. The van der Waals surface area contributed by atoms with Crippen molar-refractivity contribution >= 4 is 5.91 Å². The molecule has 1 saturated heterocycles. The van der Waals surface area contributed by atoms with E-state index in [4.69, 9.17) is 4.74 Å². The summed E-state index contributed by atoms with van der Waals surface area (Å²) in [6.07, 6.45) is 5.48. The van der Waals surface area contributed by atoms with Gasteiger partial charge in [-0.1, -0.05) is 12.8 Å². The molecule has 1 fully saturated rings. The van der Waals surface area contributed by atoms with Crippen LogP contribution in [0.5, 0.6) is 5.75 Å². The number of rotatable bonds is 6. The summed E-state index contributed by atoms with van der Waals surface area (Å²) in [6.45, 7) is 1.95. The van der Waals surface area contributed by atoms with Crippen molar-refractivity contribution < 1.29 is 13.9 Å². The maximum absolute atomic E-state index is 12.8. The third-order valence-electron chi connectivity index (χ3n) is 4.09. The number of amides is 1. The minimum absolute atomic E-state index is 0.0452. The number of carbonyl (C=O) groups is 1. The van der Waals surface area contributed by atoms with Gasteiger partial charge in [0.1, 0.15) is 17.5 Å². The number of benzene rings is 1. The zero-order chi connectivity index (χ0) is 16.5. The molecule has 2 rings (SSSR count). The highest BCUT2D eigenvalue weighted by Crippen LogP contribution is 2.16. The van der Waals surface area contributed by atoms with Crippen LogP contribution in [-0.2, 0) is 4.79 Å². The Morgan fingerprint density at radius 3 is 2.48 bits per heavy atom. The van der Waals surface area contributed by atoms with E-state index in [1.54, 1.807) is 12.1 Å². The predicted octanol–water partition coefficient (Wildman–Crippen LogP) is 3.53. The van der Waals surface area contributed by atoms with Crippen LogP contribution in [0.3, 0.4) is 0 Å². The molecule has 4 nitrogen and oxygen atoms in total. The Morgan fingerprint density at radius 1 is 1.22 bits per heavy atom. The van der Waals surface area contributed by atoms with Gasteiger partial charge in [-0.25, -0.2) is 4.39 Å². The van der Waals surface area contributed by atoms with E-state index in [1.165, 1.54) is 12.1 Å². The predicted molar refractivity (Wildman–Crippen MR) is 85.3 cm³/mol. The first-order valence-corrected chi connectivity index (χ1v) is 8.27. The molecule has 1 amide bonds. The average molecular weight is 318 g/mol. The van der Waals surface area contributed by atoms with Gasteiger partial charge in [-0.05, 0) is 49.9 Å². The standard InChI is InChI=1S/C18H23FN2O2/c19-16-7-9-17(10-8-16)23-13-5-6-15(14-20)18(22)21-11-3-1-2-4-12-21/h7-10,15H,1-6,11-13H2. The van der Waals surface area contributed by atoms with E-state index in [2.05, 4.69) is 6.07 Å². The molecule has 1 heterocycles. The van der Waals surface area contributed by atoms with Gasteiger partial charge in [-0.15, -0.1) is 0 Å². The number of nitrogens with zero attached hydrogens (tertiary/aromatic N) is 2. The van der Waals surface area contributed by atoms with Crippen LogP contribution in [0, 0.1) is 23.1 Å². The Balaban J connectivity index is 1.74. The van der Waals surface area contributed by atoms with Crippen molar-refractivity contribution in [3.63, 3.8) is 0 Å². The van der Waals surface area contributed by atoms with Crippen molar-refractivity contribution in [2.75, 3.05) is 19.7 Å². The Hall–Kier alpha value is -2.09. The topological polar surface area (TPSA) is 53.3 Å². The van der Waals surface area contributed by atoms with Crippen LogP contribution >= 0.6 is 0 Å². The number of ether oxygens (including phenoxy) is 1. The largest absolute Gasteiger partial charge is 0.494 e. The molecule has 0 saturated carbocycles. The summed E-state index contributed by atoms with van der Waals surface area (Å²) < 4.78 is 18.3. The molecule has 1 atom stereocenters. The van der Waals surface area contributed by atoms with Gasteiger partial charge in [0, 0.05) is 13.1 Å². The molecule has 124 valence electrons. The molecule has 0 aliphatic carbocycles. The molecule has 1 unspecified atom stereocenters. The smallest absolute Gasteiger partial charge is 0.239 e. The van der Waals surface area contributed by atoms with Gasteiger partial charge >= 0.3 is 0 Å². The molecule has 0 aromatic heterocycles. The van der Waals surface area contributed by atoms with Gasteiger partial charge in [-0.2, -0.15) is 5.26 Å². The SMILES string of the molecule is N#CC(CCCOc1ccc(F)cc1)C(=O)N1CCCCCC1. The normalized spacial score (nSPS) is 16.3. The van der Waals surface area contributed by atoms with Crippen LogP contribution in [0.15, 0.2) is 24.3 Å². The Kier molecular flexibility index (Phi) is 6.86. The monoisotopic (exact) mass is 318 g/mol. The second-order valence-corrected chi connectivity index (χ2v) is 5.87. The fraction of sp³-hybridized carbons (Fsp3) is 0.556. The summed E-state index contributed by atoms with van der Waals surface area (Å²) in [5.41, 5.74) is 0. The van der Waals surface area contributed by atoms with Crippen molar-refractivity contribution in [2.24, 2.45) is 5.92 Å². The van der Waals surface area contributed by atoms with Crippen molar-refractivity contribution in [3.8, 4) is 11.8 Å². The molecule has 1 aromatic rings. The summed E-state index contributed by atoms with van der Waals surface area (Å²) >= 11 is 0. The minimum atomic E-state index is -0.593. The van der Waals surface area contributed by atoms with Gasteiger partial charge in [0.15, 0.2) is 0 Å². The second kappa shape index (κ2) is 9.14. The lowest BCUT2D eigenvalue weighted by Gasteiger charge is -2.22. The number of carbonyl (C=O) groups excluding carboxylic acids is 1. The molecule has 0 radical (unpaired) electrons. The third kappa shape index (κ3) is 5.55. The zero-order valence-corrected chi connectivity index (χ0v) is 13.3. The molecule has 0 N–H and O–H groups in total. The number of hydrogen-bond acceptors (Lipinski definition) is 3. The fourth-order valence-corrected chi connectivity index (χ4v) is 2.76. The number of nitriles is 1. The Labute approximate surface area is 136 Å². The van der Waals surface area contributed by atoms with E-state index in [1.807, 2.05) is 4.90 Å². The Morgan fingerprint density at radius 2 is 1.87 bits per heavy atom. The molecular weight excluding hydrogens is 295 g/mol. The van der Waals surface area contributed by atoms with Gasteiger partial charge in [-0.3, -0.25) is 4.79 Å². The van der Waals surface area contributed by atoms with E-state index in [-0.39, 0.29) is 11.7 Å². The molecule has 0 spiro atoms. The van der Waals surface area contributed by atoms with Crippen molar-refractivity contribution in [2.45, 2.75) is 38.5 Å². The van der Waals surface area contributed by atoms with E-state index in [0.29, 0.717) is 25.2 Å². The van der Waals surface area contributed by atoms with Crippen LogP contribution in [0.4, 0.5) is 4.39 Å². The Bertz CT molecular complexity index is 531. The first kappa shape index (κ1) is 17.3. The van der Waals surface area contributed by atoms with E-state index in [0.717, 1.165) is 38.8 Å². The van der Waals surface area contributed by atoms with E-state index < -0.39 is 5.92 Å². The molecule has 1 aliphatic rings. The molecule has 5 heteroatoms. The maximum Gasteiger partial charge on any atom is 0.239 e. The molecule has 1 aliphatic heterocycles. The first-order chi connectivity index (χ1) is 11.2. The highest BCUT2D eigenvalue weighted by molar-refractivity contribution is 5.81. The maximum atomic E-state index is 12.8. The summed E-state index contributed by atoms with van der Waals surface area (Å²) in [5, 5.41) is 9.26. The number of halogens is 1. The van der Waals surface area contributed by atoms with Crippen LogP contribution < -0.4 is 4.74 Å². The van der Waals surface area contributed by atoms with E-state index in [9.17, 15) is 14.4 Å². The summed E-state index contributed by atoms with van der Waals surface area (Å²) in [7, 11) is 0. The highest BCUT2D eigenvalue weighted by atomic mass is 19.1.